The number of carbonyl (C=O) groups excluding carboxylic acids is 1. The molecule has 3 heterocycles. The smallest absolute Gasteiger partial charge is 0.220 e. The number of hydrogen-bond donors (Lipinski definition) is 12. The summed E-state index contributed by atoms with van der Waals surface area (Å²) in [5.74, 6) is -0.287. The summed E-state index contributed by atoms with van der Waals surface area (Å²) in [5, 5.41) is 120. The van der Waals surface area contributed by atoms with E-state index >= 15 is 0 Å². The maximum Gasteiger partial charge on any atom is 0.220 e. The Hall–Kier alpha value is -2.77. The molecule has 0 aromatic heterocycles. The van der Waals surface area contributed by atoms with Crippen molar-refractivity contribution in [3.63, 3.8) is 0 Å². The van der Waals surface area contributed by atoms with Crippen molar-refractivity contribution in [3.8, 4) is 0 Å². The van der Waals surface area contributed by atoms with Gasteiger partial charge in [-0.05, 0) is 70.6 Å². The van der Waals surface area contributed by atoms with Gasteiger partial charge in [-0.3, -0.25) is 4.79 Å². The zero-order chi connectivity index (χ0) is 64.0. The van der Waals surface area contributed by atoms with Crippen LogP contribution in [0.1, 0.15) is 226 Å². The van der Waals surface area contributed by atoms with E-state index in [1.165, 1.54) is 128 Å². The molecule has 3 aliphatic rings. The van der Waals surface area contributed by atoms with Crippen molar-refractivity contribution in [2.75, 3.05) is 26.4 Å². The van der Waals surface area contributed by atoms with Crippen LogP contribution in [-0.4, -0.2) is 193 Å². The Morgan fingerprint density at radius 3 is 1.27 bits per heavy atom. The SMILES string of the molecule is CC/C=C\C/C=C\C/C=C\C/C=C\CCCCCCCCCCCCCCCCCCC(=O)NC(COC1OC(CO)C(OC2OC(CO)C(OC3OC(CO)C(O)C(O)C3O)C(O)C2O)C(O)C1O)C(O)/C=C/CC/C=C/CCCCCCCCCC. The second-order valence-corrected chi connectivity index (χ2v) is 24.2. The summed E-state index contributed by atoms with van der Waals surface area (Å²) >= 11 is 0. The average Bonchev–Trinajstić information content (AvgIpc) is 2.57. The number of allylic oxidation sites excluding steroid dienone is 11. The van der Waals surface area contributed by atoms with Crippen molar-refractivity contribution in [3.05, 3.63) is 72.9 Å². The molecule has 19 nitrogen and oxygen atoms in total. The largest absolute Gasteiger partial charge is 0.394 e. The van der Waals surface area contributed by atoms with Gasteiger partial charge in [-0.15, -0.1) is 0 Å². The Labute approximate surface area is 528 Å². The molecule has 0 aromatic carbocycles. The molecule has 17 unspecified atom stereocenters. The van der Waals surface area contributed by atoms with Crippen LogP contribution in [0.3, 0.4) is 0 Å². The molecule has 0 saturated carbocycles. The van der Waals surface area contributed by atoms with Gasteiger partial charge in [0.2, 0.25) is 5.91 Å². The first-order valence-electron chi connectivity index (χ1n) is 34.2. The number of aliphatic hydroxyl groups excluding tert-OH is 11. The van der Waals surface area contributed by atoms with E-state index in [1.807, 2.05) is 6.08 Å². The molecule has 510 valence electrons. The van der Waals surface area contributed by atoms with E-state index < -0.39 is 124 Å². The standard InChI is InChI=1S/C69H121NO18/c1-3-5-7-9-11-13-15-17-19-20-21-22-23-24-25-26-27-28-29-30-31-32-33-35-37-39-41-43-45-47-57(75)70-52(53(74)46-44-42-40-38-36-34-18-16-14-12-10-8-6-4-2)51-83-67-63(81)60(78)65(55(49-72)85-67)88-69-64(82)61(79)66(56(50-73)86-69)87-68-62(80)59(77)58(76)54(48-71)84-68/h5,7,11,13,17,19,21-22,36,38,44,46,52-56,58-69,71-74,76-82H,3-4,6,8-10,12,14-16,18,20,23-35,37,39-43,45,47-51H2,1-2H3,(H,70,75)/b7-5-,13-11-,19-17-,22-21-,38-36+,46-44+. The molecule has 3 rings (SSSR count). The quantitative estimate of drug-likeness (QED) is 0.0200. The average molecular weight is 1250 g/mol. The first-order chi connectivity index (χ1) is 42.8. The summed E-state index contributed by atoms with van der Waals surface area (Å²) in [4.78, 5) is 13.4. The van der Waals surface area contributed by atoms with E-state index in [0.29, 0.717) is 12.8 Å². The molecular weight excluding hydrogens is 1130 g/mol. The molecule has 3 fully saturated rings. The maximum atomic E-state index is 13.4. The van der Waals surface area contributed by atoms with Crippen LogP contribution in [0.5, 0.6) is 0 Å². The Kier molecular flexibility index (Phi) is 45.8. The lowest BCUT2D eigenvalue weighted by atomic mass is 9.96. The number of unbranched alkanes of at least 4 members (excludes halogenated alkanes) is 25. The minimum absolute atomic E-state index is 0.233. The van der Waals surface area contributed by atoms with Gasteiger partial charge >= 0.3 is 0 Å². The molecule has 3 aliphatic heterocycles. The fourth-order valence-electron chi connectivity index (χ4n) is 11.2. The minimum atomic E-state index is -1.98. The van der Waals surface area contributed by atoms with E-state index in [2.05, 4.69) is 79.9 Å². The molecule has 0 radical (unpaired) electrons. The Bertz CT molecular complexity index is 1880. The van der Waals surface area contributed by atoms with Crippen molar-refractivity contribution < 1.29 is 89.4 Å². The number of hydrogen-bond acceptors (Lipinski definition) is 18. The van der Waals surface area contributed by atoms with Gasteiger partial charge < -0.3 is 89.9 Å². The summed E-state index contributed by atoms with van der Waals surface area (Å²) in [7, 11) is 0. The van der Waals surface area contributed by atoms with E-state index in [9.17, 15) is 61.0 Å². The lowest BCUT2D eigenvalue weighted by Crippen LogP contribution is -2.66. The van der Waals surface area contributed by atoms with Crippen LogP contribution in [0.25, 0.3) is 0 Å². The second kappa shape index (κ2) is 50.7. The van der Waals surface area contributed by atoms with Gasteiger partial charge in [0.25, 0.3) is 0 Å². The Morgan fingerprint density at radius 2 is 0.795 bits per heavy atom. The molecule has 3 saturated heterocycles. The molecule has 0 aromatic rings. The van der Waals surface area contributed by atoms with Crippen LogP contribution >= 0.6 is 0 Å². The molecule has 0 aliphatic carbocycles. The van der Waals surface area contributed by atoms with Gasteiger partial charge in [-0.1, -0.05) is 222 Å². The van der Waals surface area contributed by atoms with Gasteiger partial charge in [-0.25, -0.2) is 0 Å². The summed E-state index contributed by atoms with van der Waals surface area (Å²) in [5.41, 5.74) is 0. The highest BCUT2D eigenvalue weighted by molar-refractivity contribution is 5.76. The fourth-order valence-corrected chi connectivity index (χ4v) is 11.2. The molecule has 12 N–H and O–H groups in total. The zero-order valence-electron chi connectivity index (χ0n) is 53.7. The van der Waals surface area contributed by atoms with E-state index in [1.54, 1.807) is 6.08 Å². The number of nitrogens with one attached hydrogen (secondary N) is 1. The summed E-state index contributed by atoms with van der Waals surface area (Å²) in [6.07, 6.45) is 36.0. The minimum Gasteiger partial charge on any atom is -0.394 e. The molecule has 0 spiro atoms. The van der Waals surface area contributed by atoms with Crippen molar-refractivity contribution in [1.82, 2.24) is 5.32 Å². The first-order valence-corrected chi connectivity index (χ1v) is 34.2. The molecule has 19 heteroatoms. The molecule has 1 amide bonds. The van der Waals surface area contributed by atoms with Gasteiger partial charge in [0.1, 0.15) is 73.2 Å². The van der Waals surface area contributed by atoms with E-state index in [4.69, 9.17) is 28.4 Å². The third-order valence-corrected chi connectivity index (χ3v) is 16.7. The van der Waals surface area contributed by atoms with Crippen molar-refractivity contribution >= 4 is 5.91 Å². The lowest BCUT2D eigenvalue weighted by Gasteiger charge is -2.48. The fraction of sp³-hybridized carbons (Fsp3) is 0.812. The van der Waals surface area contributed by atoms with Crippen molar-refractivity contribution in [2.45, 2.75) is 330 Å². The van der Waals surface area contributed by atoms with Crippen LogP contribution in [0, 0.1) is 0 Å². The Morgan fingerprint density at radius 1 is 0.420 bits per heavy atom. The highest BCUT2D eigenvalue weighted by Crippen LogP contribution is 2.33. The van der Waals surface area contributed by atoms with Crippen LogP contribution in [0.4, 0.5) is 0 Å². The van der Waals surface area contributed by atoms with Crippen LogP contribution in [0.15, 0.2) is 72.9 Å². The number of rotatable bonds is 51. The molecule has 17 atom stereocenters. The first kappa shape index (κ1) is 79.5. The van der Waals surface area contributed by atoms with E-state index in [0.717, 1.165) is 64.2 Å². The third kappa shape index (κ3) is 32.7. The summed E-state index contributed by atoms with van der Waals surface area (Å²) < 4.78 is 34.3. The number of amides is 1. The second-order valence-electron chi connectivity index (χ2n) is 24.2. The zero-order valence-corrected chi connectivity index (χ0v) is 53.7. The summed E-state index contributed by atoms with van der Waals surface area (Å²) in [6, 6.07) is -0.992. The highest BCUT2D eigenvalue weighted by Gasteiger charge is 2.53. The van der Waals surface area contributed by atoms with Gasteiger partial charge in [0, 0.05) is 6.42 Å². The topological polar surface area (TPSA) is 307 Å². The van der Waals surface area contributed by atoms with Crippen molar-refractivity contribution in [2.24, 2.45) is 0 Å². The summed E-state index contributed by atoms with van der Waals surface area (Å²) in [6.45, 7) is 1.59. The maximum absolute atomic E-state index is 13.4. The number of aliphatic hydroxyl groups is 11. The van der Waals surface area contributed by atoms with Gasteiger partial charge in [-0.2, -0.15) is 0 Å². The van der Waals surface area contributed by atoms with Crippen LogP contribution in [-0.2, 0) is 33.2 Å². The molecule has 88 heavy (non-hydrogen) atoms. The predicted molar refractivity (Wildman–Crippen MR) is 341 cm³/mol. The normalized spacial score (nSPS) is 28.9. The number of carbonyl (C=O) groups is 1. The third-order valence-electron chi connectivity index (χ3n) is 16.7. The van der Waals surface area contributed by atoms with Crippen molar-refractivity contribution in [1.29, 1.82) is 0 Å². The lowest BCUT2D eigenvalue weighted by molar-refractivity contribution is -0.379. The van der Waals surface area contributed by atoms with E-state index in [-0.39, 0.29) is 18.9 Å². The van der Waals surface area contributed by atoms with Gasteiger partial charge in [0.15, 0.2) is 18.9 Å². The Balaban J connectivity index is 1.40. The molecular formula is C69H121NO18. The monoisotopic (exact) mass is 1250 g/mol. The van der Waals surface area contributed by atoms with Crippen LogP contribution in [0.2, 0.25) is 0 Å². The number of ether oxygens (including phenoxy) is 6. The van der Waals surface area contributed by atoms with Crippen LogP contribution < -0.4 is 5.32 Å². The van der Waals surface area contributed by atoms with Gasteiger partial charge in [0.05, 0.1) is 38.6 Å². The predicted octanol–water partition coefficient (Wildman–Crippen LogP) is 8.55. The highest BCUT2D eigenvalue weighted by atomic mass is 16.8. The molecule has 0 bridgehead atoms.